The van der Waals surface area contributed by atoms with Crippen molar-refractivity contribution in [1.29, 1.82) is 0 Å². The maximum atomic E-state index is 9.57. The van der Waals surface area contributed by atoms with Crippen molar-refractivity contribution in [1.82, 2.24) is 4.57 Å². The number of hydrogen-bond donors (Lipinski definition) is 3. The van der Waals surface area contributed by atoms with Crippen LogP contribution >= 0.6 is 0 Å². The van der Waals surface area contributed by atoms with Gasteiger partial charge in [-0.25, -0.2) is 0 Å². The van der Waals surface area contributed by atoms with Crippen LogP contribution in [-0.4, -0.2) is 14.9 Å². The molecule has 0 unspecified atom stereocenters. The molecule has 4 heteroatoms. The van der Waals surface area contributed by atoms with E-state index in [9.17, 15) is 5.11 Å². The topological polar surface area (TPSA) is 57.4 Å². The van der Waals surface area contributed by atoms with E-state index in [2.05, 4.69) is 0 Å². The smallest absolute Gasteiger partial charge is 0.139 e. The first-order chi connectivity index (χ1) is 6.81. The maximum Gasteiger partial charge on any atom is 0.139 e. The average Bonchev–Trinajstić information content (AvgIpc) is 2.71. The Balaban J connectivity index is 2.51. The lowest BCUT2D eigenvalue weighted by Crippen LogP contribution is -1.94. The number of nitrogens with one attached hydrogen (secondary N) is 1. The van der Waals surface area contributed by atoms with Crippen molar-refractivity contribution in [3.8, 4) is 11.4 Å². The van der Waals surface area contributed by atoms with Gasteiger partial charge in [0.2, 0.25) is 0 Å². The van der Waals surface area contributed by atoms with E-state index in [0.717, 1.165) is 0 Å². The van der Waals surface area contributed by atoms with E-state index in [-0.39, 0.29) is 5.75 Å². The molecular weight excluding hydrogens is 180 g/mol. The molecule has 0 radical (unpaired) electrons. The van der Waals surface area contributed by atoms with E-state index < -0.39 is 0 Å². The predicted octanol–water partition coefficient (Wildman–Crippen LogP) is 1.98. The Kier molecular flexibility index (Phi) is 2.12. The lowest BCUT2D eigenvalue weighted by Gasteiger charge is -2.07. The second-order valence-corrected chi connectivity index (χ2v) is 2.91. The Hall–Kier alpha value is -1.94. The molecular formula is C10H10N2O2. The van der Waals surface area contributed by atoms with Gasteiger partial charge in [-0.15, -0.1) is 0 Å². The third kappa shape index (κ3) is 1.43. The molecule has 0 aliphatic heterocycles. The van der Waals surface area contributed by atoms with Crippen LogP contribution in [0.5, 0.6) is 5.75 Å². The number of rotatable bonds is 2. The zero-order chi connectivity index (χ0) is 9.97. The molecule has 0 aliphatic rings. The third-order valence-electron chi connectivity index (χ3n) is 1.99. The van der Waals surface area contributed by atoms with Crippen LogP contribution in [-0.2, 0) is 0 Å². The minimum absolute atomic E-state index is 0.167. The molecule has 0 bridgehead atoms. The van der Waals surface area contributed by atoms with Gasteiger partial charge in [0.1, 0.15) is 5.75 Å². The normalized spacial score (nSPS) is 10.1. The largest absolute Gasteiger partial charge is 0.506 e. The number of aromatic hydroxyl groups is 1. The monoisotopic (exact) mass is 190 g/mol. The first-order valence-corrected chi connectivity index (χ1v) is 4.18. The molecule has 2 aromatic rings. The molecule has 3 N–H and O–H groups in total. The highest BCUT2D eigenvalue weighted by Crippen LogP contribution is 2.24. The standard InChI is InChI=1S/C10H10N2O2/c13-10-4-3-8(11-14)7-9(10)12-5-1-2-6-12/h1-7,11,13-14H. The number of nitrogens with zero attached hydrogens (tertiary/aromatic N) is 1. The summed E-state index contributed by atoms with van der Waals surface area (Å²) in [6.07, 6.45) is 3.63. The van der Waals surface area contributed by atoms with Gasteiger partial charge in [-0.05, 0) is 30.3 Å². The Morgan fingerprint density at radius 1 is 1.14 bits per heavy atom. The van der Waals surface area contributed by atoms with Gasteiger partial charge in [-0.3, -0.25) is 10.7 Å². The summed E-state index contributed by atoms with van der Waals surface area (Å²) in [4.78, 5) is 0. The van der Waals surface area contributed by atoms with Crippen LogP contribution in [0.1, 0.15) is 0 Å². The van der Waals surface area contributed by atoms with Gasteiger partial charge in [-0.1, -0.05) is 0 Å². The summed E-state index contributed by atoms with van der Waals surface area (Å²) in [6.45, 7) is 0. The van der Waals surface area contributed by atoms with Crippen LogP contribution in [0.4, 0.5) is 5.69 Å². The number of anilines is 1. The number of phenols is 1. The Morgan fingerprint density at radius 3 is 2.50 bits per heavy atom. The second-order valence-electron chi connectivity index (χ2n) is 2.91. The fourth-order valence-electron chi connectivity index (χ4n) is 1.29. The lowest BCUT2D eigenvalue weighted by atomic mass is 10.2. The van der Waals surface area contributed by atoms with Crippen molar-refractivity contribution < 1.29 is 10.3 Å². The molecule has 0 fully saturated rings. The number of aromatic nitrogens is 1. The third-order valence-corrected chi connectivity index (χ3v) is 1.99. The van der Waals surface area contributed by atoms with E-state index in [1.54, 1.807) is 16.7 Å². The predicted molar refractivity (Wildman–Crippen MR) is 52.8 cm³/mol. The van der Waals surface area contributed by atoms with Crippen molar-refractivity contribution in [2.24, 2.45) is 0 Å². The first-order valence-electron chi connectivity index (χ1n) is 4.18. The molecule has 1 aromatic heterocycles. The van der Waals surface area contributed by atoms with Crippen LogP contribution < -0.4 is 5.48 Å². The minimum atomic E-state index is 0.167. The number of benzene rings is 1. The Morgan fingerprint density at radius 2 is 1.86 bits per heavy atom. The summed E-state index contributed by atoms with van der Waals surface area (Å²) in [5.74, 6) is 0.167. The van der Waals surface area contributed by atoms with Crippen molar-refractivity contribution >= 4 is 5.69 Å². The molecule has 0 saturated carbocycles. The molecule has 4 nitrogen and oxygen atoms in total. The van der Waals surface area contributed by atoms with Gasteiger partial charge in [0.25, 0.3) is 0 Å². The highest BCUT2D eigenvalue weighted by atomic mass is 16.5. The summed E-state index contributed by atoms with van der Waals surface area (Å²) in [7, 11) is 0. The van der Waals surface area contributed by atoms with Gasteiger partial charge in [0, 0.05) is 12.4 Å². The Bertz CT molecular complexity index is 424. The quantitative estimate of drug-likeness (QED) is 0.501. The summed E-state index contributed by atoms with van der Waals surface area (Å²) in [6, 6.07) is 8.47. The molecule has 0 saturated heterocycles. The number of phenolic OH excluding ortho intramolecular Hbond substituents is 1. The highest BCUT2D eigenvalue weighted by molar-refractivity contribution is 5.57. The lowest BCUT2D eigenvalue weighted by molar-refractivity contribution is 0.388. The van der Waals surface area contributed by atoms with E-state index in [1.807, 2.05) is 30.0 Å². The van der Waals surface area contributed by atoms with Crippen molar-refractivity contribution in [3.63, 3.8) is 0 Å². The van der Waals surface area contributed by atoms with E-state index in [4.69, 9.17) is 5.21 Å². The van der Waals surface area contributed by atoms with Gasteiger partial charge in [-0.2, -0.15) is 0 Å². The van der Waals surface area contributed by atoms with E-state index in [0.29, 0.717) is 11.4 Å². The van der Waals surface area contributed by atoms with Crippen LogP contribution in [0.25, 0.3) is 5.69 Å². The van der Waals surface area contributed by atoms with Crippen LogP contribution in [0.15, 0.2) is 42.7 Å². The molecule has 72 valence electrons. The summed E-state index contributed by atoms with van der Waals surface area (Å²) in [5.41, 5.74) is 3.19. The maximum absolute atomic E-state index is 9.57. The Labute approximate surface area is 81.0 Å². The minimum Gasteiger partial charge on any atom is -0.506 e. The van der Waals surface area contributed by atoms with Crippen LogP contribution in [0, 0.1) is 0 Å². The van der Waals surface area contributed by atoms with Gasteiger partial charge < -0.3 is 9.67 Å². The molecule has 1 heterocycles. The molecule has 0 spiro atoms. The fraction of sp³-hybridized carbons (Fsp3) is 0. The molecule has 0 atom stereocenters. The van der Waals surface area contributed by atoms with Crippen molar-refractivity contribution in [2.45, 2.75) is 0 Å². The van der Waals surface area contributed by atoms with Crippen LogP contribution in [0.3, 0.4) is 0 Å². The van der Waals surface area contributed by atoms with Crippen molar-refractivity contribution in [2.75, 3.05) is 5.48 Å². The van der Waals surface area contributed by atoms with Gasteiger partial charge in [0.15, 0.2) is 0 Å². The average molecular weight is 190 g/mol. The summed E-state index contributed by atoms with van der Waals surface area (Å²) < 4.78 is 1.76. The molecule has 0 aliphatic carbocycles. The first kappa shape index (κ1) is 8.65. The highest BCUT2D eigenvalue weighted by Gasteiger charge is 2.03. The number of hydrogen-bond acceptors (Lipinski definition) is 3. The molecule has 2 rings (SSSR count). The SMILES string of the molecule is ONc1ccc(O)c(-n2cccc2)c1. The van der Waals surface area contributed by atoms with Gasteiger partial charge in [0.05, 0.1) is 11.4 Å². The van der Waals surface area contributed by atoms with E-state index >= 15 is 0 Å². The fourth-order valence-corrected chi connectivity index (χ4v) is 1.29. The molecule has 1 aromatic carbocycles. The van der Waals surface area contributed by atoms with Crippen molar-refractivity contribution in [3.05, 3.63) is 42.7 Å². The second kappa shape index (κ2) is 3.43. The summed E-state index contributed by atoms with van der Waals surface area (Å²) >= 11 is 0. The van der Waals surface area contributed by atoms with E-state index in [1.165, 1.54) is 6.07 Å². The zero-order valence-corrected chi connectivity index (χ0v) is 7.38. The zero-order valence-electron chi connectivity index (χ0n) is 7.38. The van der Waals surface area contributed by atoms with Crippen LogP contribution in [0.2, 0.25) is 0 Å². The van der Waals surface area contributed by atoms with Gasteiger partial charge >= 0.3 is 0 Å². The summed E-state index contributed by atoms with van der Waals surface area (Å²) in [5, 5.41) is 18.3. The molecule has 0 amide bonds. The molecule has 14 heavy (non-hydrogen) atoms.